The number of carbonyl (C=O) groups is 1. The van der Waals surface area contributed by atoms with E-state index in [-0.39, 0.29) is 30.8 Å². The Bertz CT molecular complexity index is 656. The van der Waals surface area contributed by atoms with E-state index in [2.05, 4.69) is 20.4 Å². The van der Waals surface area contributed by atoms with E-state index >= 15 is 0 Å². The molecule has 0 atom stereocenters. The molecule has 25 heavy (non-hydrogen) atoms. The number of nitrogens with two attached hydrogens (primary N) is 1. The lowest BCUT2D eigenvalue weighted by Gasteiger charge is -2.30. The Kier molecular flexibility index (Phi) is 7.36. The zero-order valence-electron chi connectivity index (χ0n) is 14.1. The predicted molar refractivity (Wildman–Crippen MR) is 95.7 cm³/mol. The molecule has 1 amide bonds. The average molecular weight is 366 g/mol. The first-order valence-electron chi connectivity index (χ1n) is 8.30. The molecule has 1 aliphatic heterocycles. The Morgan fingerprint density at radius 1 is 1.28 bits per heavy atom. The normalized spacial score (nSPS) is 15.6. The fraction of sp³-hybridized carbons (Fsp3) is 0.471. The second kappa shape index (κ2) is 9.50. The van der Waals surface area contributed by atoms with Gasteiger partial charge in [-0.05, 0) is 31.5 Å². The Labute approximate surface area is 153 Å². The van der Waals surface area contributed by atoms with Gasteiger partial charge >= 0.3 is 0 Å². The number of hydrogen-bond donors (Lipinski definition) is 2. The summed E-state index contributed by atoms with van der Waals surface area (Å²) in [7, 11) is 0. The fourth-order valence-corrected chi connectivity index (χ4v) is 2.92. The second-order valence-corrected chi connectivity index (χ2v) is 6.06. The van der Waals surface area contributed by atoms with Crippen LogP contribution < -0.4 is 11.1 Å². The van der Waals surface area contributed by atoms with E-state index in [0.717, 1.165) is 31.5 Å². The van der Waals surface area contributed by atoms with Crippen molar-refractivity contribution in [3.8, 4) is 0 Å². The molecule has 7 nitrogen and oxygen atoms in total. The number of amides is 1. The average Bonchev–Trinajstić information content (AvgIpc) is 3.09. The van der Waals surface area contributed by atoms with E-state index in [1.165, 1.54) is 0 Å². The Hall–Kier alpha value is -1.96. The molecule has 1 fully saturated rings. The van der Waals surface area contributed by atoms with Crippen LogP contribution in [0.4, 0.5) is 0 Å². The zero-order valence-corrected chi connectivity index (χ0v) is 14.9. The largest absolute Gasteiger partial charge is 0.352 e. The number of likely N-dealkylation sites (tertiary alicyclic amines) is 1. The highest BCUT2D eigenvalue weighted by atomic mass is 35.5. The lowest BCUT2D eigenvalue weighted by atomic mass is 9.96. The van der Waals surface area contributed by atoms with Gasteiger partial charge in [-0.3, -0.25) is 9.69 Å². The van der Waals surface area contributed by atoms with Crippen molar-refractivity contribution >= 4 is 18.3 Å². The smallest absolute Gasteiger partial charge is 0.240 e. The predicted octanol–water partition coefficient (Wildman–Crippen LogP) is 1.48. The minimum Gasteiger partial charge on any atom is -0.352 e. The van der Waals surface area contributed by atoms with Gasteiger partial charge in [-0.15, -0.1) is 12.4 Å². The van der Waals surface area contributed by atoms with Gasteiger partial charge in [-0.1, -0.05) is 35.5 Å². The third kappa shape index (κ3) is 5.52. The number of aromatic nitrogens is 2. The fourth-order valence-electron chi connectivity index (χ4n) is 2.92. The maximum absolute atomic E-state index is 12.3. The lowest BCUT2D eigenvalue weighted by Crippen LogP contribution is -2.40. The van der Waals surface area contributed by atoms with Gasteiger partial charge in [-0.25, -0.2) is 0 Å². The number of carbonyl (C=O) groups excluding carboxylic acids is 1. The first kappa shape index (κ1) is 19.4. The second-order valence-electron chi connectivity index (χ2n) is 6.06. The number of rotatable bonds is 6. The number of piperidine rings is 1. The van der Waals surface area contributed by atoms with Crippen molar-refractivity contribution in [1.82, 2.24) is 20.4 Å². The molecule has 0 aliphatic carbocycles. The van der Waals surface area contributed by atoms with Crippen molar-refractivity contribution in [3.05, 3.63) is 47.6 Å². The van der Waals surface area contributed by atoms with Gasteiger partial charge in [-0.2, -0.15) is 4.98 Å². The van der Waals surface area contributed by atoms with Crippen molar-refractivity contribution < 1.29 is 9.32 Å². The Morgan fingerprint density at radius 3 is 2.64 bits per heavy atom. The molecule has 1 aliphatic rings. The Morgan fingerprint density at radius 2 is 2.00 bits per heavy atom. The van der Waals surface area contributed by atoms with Crippen molar-refractivity contribution in [2.75, 3.05) is 13.1 Å². The third-order valence-electron chi connectivity index (χ3n) is 4.32. The molecule has 3 N–H and O–H groups in total. The van der Waals surface area contributed by atoms with E-state index in [1.54, 1.807) is 0 Å². The maximum Gasteiger partial charge on any atom is 0.240 e. The van der Waals surface area contributed by atoms with Crippen LogP contribution >= 0.6 is 12.4 Å². The van der Waals surface area contributed by atoms with Gasteiger partial charge in [0, 0.05) is 12.5 Å². The van der Waals surface area contributed by atoms with Crippen LogP contribution in [0.5, 0.6) is 0 Å². The molecule has 1 aromatic carbocycles. The number of hydrogen-bond acceptors (Lipinski definition) is 6. The van der Waals surface area contributed by atoms with Crippen molar-refractivity contribution in [3.63, 3.8) is 0 Å². The van der Waals surface area contributed by atoms with Crippen LogP contribution in [-0.4, -0.2) is 34.0 Å². The summed E-state index contributed by atoms with van der Waals surface area (Å²) in [6, 6.07) is 9.97. The van der Waals surface area contributed by atoms with E-state index in [4.69, 9.17) is 10.3 Å². The van der Waals surface area contributed by atoms with Gasteiger partial charge in [0.2, 0.25) is 11.8 Å². The SMILES string of the molecule is Cl.NCc1nc(CN2CCC(C(=O)NCc3ccccc3)CC2)no1. The number of halogens is 1. The van der Waals surface area contributed by atoms with Gasteiger partial charge in [0.15, 0.2) is 5.82 Å². The van der Waals surface area contributed by atoms with Gasteiger partial charge < -0.3 is 15.6 Å². The first-order chi connectivity index (χ1) is 11.7. The summed E-state index contributed by atoms with van der Waals surface area (Å²) >= 11 is 0. The summed E-state index contributed by atoms with van der Waals surface area (Å²) in [5.41, 5.74) is 6.59. The van der Waals surface area contributed by atoms with E-state index in [9.17, 15) is 4.79 Å². The zero-order chi connectivity index (χ0) is 16.8. The van der Waals surface area contributed by atoms with Crippen LogP contribution in [-0.2, 0) is 24.4 Å². The highest BCUT2D eigenvalue weighted by Gasteiger charge is 2.25. The van der Waals surface area contributed by atoms with Crippen LogP contribution in [0.25, 0.3) is 0 Å². The first-order valence-corrected chi connectivity index (χ1v) is 8.30. The van der Waals surface area contributed by atoms with Crippen molar-refractivity contribution in [2.45, 2.75) is 32.5 Å². The molecule has 0 radical (unpaired) electrons. The van der Waals surface area contributed by atoms with Gasteiger partial charge in [0.1, 0.15) is 0 Å². The lowest BCUT2D eigenvalue weighted by molar-refractivity contribution is -0.126. The van der Waals surface area contributed by atoms with Gasteiger partial charge in [0.25, 0.3) is 0 Å². The summed E-state index contributed by atoms with van der Waals surface area (Å²) in [6.45, 7) is 3.20. The minimum atomic E-state index is 0. The molecule has 3 rings (SSSR count). The molecular weight excluding hydrogens is 342 g/mol. The highest BCUT2D eigenvalue weighted by Crippen LogP contribution is 2.19. The molecule has 136 valence electrons. The van der Waals surface area contributed by atoms with Crippen molar-refractivity contribution in [1.29, 1.82) is 0 Å². The van der Waals surface area contributed by atoms with Crippen LogP contribution in [0.2, 0.25) is 0 Å². The third-order valence-corrected chi connectivity index (χ3v) is 4.32. The summed E-state index contributed by atoms with van der Waals surface area (Å²) in [6.07, 6.45) is 1.70. The number of benzene rings is 1. The molecule has 0 unspecified atom stereocenters. The number of nitrogens with zero attached hydrogens (tertiary/aromatic N) is 3. The van der Waals surface area contributed by atoms with Gasteiger partial charge in [0.05, 0.1) is 13.1 Å². The molecule has 1 aromatic heterocycles. The maximum atomic E-state index is 12.3. The molecule has 0 bridgehead atoms. The molecule has 8 heteroatoms. The van der Waals surface area contributed by atoms with E-state index < -0.39 is 0 Å². The minimum absolute atomic E-state index is 0. The van der Waals surface area contributed by atoms with Crippen molar-refractivity contribution in [2.24, 2.45) is 11.7 Å². The number of nitrogens with one attached hydrogen (secondary N) is 1. The molecule has 1 saturated heterocycles. The molecule has 2 heterocycles. The summed E-state index contributed by atoms with van der Waals surface area (Å²) in [4.78, 5) is 18.8. The topological polar surface area (TPSA) is 97.3 Å². The highest BCUT2D eigenvalue weighted by molar-refractivity contribution is 5.85. The van der Waals surface area contributed by atoms with Crippen LogP contribution in [0.3, 0.4) is 0 Å². The van der Waals surface area contributed by atoms with E-state index in [0.29, 0.717) is 24.8 Å². The summed E-state index contributed by atoms with van der Waals surface area (Å²) < 4.78 is 5.01. The molecule has 0 spiro atoms. The van der Waals surface area contributed by atoms with Crippen LogP contribution in [0, 0.1) is 5.92 Å². The summed E-state index contributed by atoms with van der Waals surface area (Å²) in [5.74, 6) is 1.33. The van der Waals surface area contributed by atoms with Crippen LogP contribution in [0.1, 0.15) is 30.1 Å². The van der Waals surface area contributed by atoms with Crippen LogP contribution in [0.15, 0.2) is 34.9 Å². The Balaban J connectivity index is 0.00000225. The quantitative estimate of drug-likeness (QED) is 0.804. The molecule has 0 saturated carbocycles. The molecule has 2 aromatic rings. The summed E-state index contributed by atoms with van der Waals surface area (Å²) in [5, 5.41) is 6.94. The standard InChI is InChI=1S/C17H23N5O2.ClH/c18-10-16-20-15(21-24-16)12-22-8-6-14(7-9-22)17(23)19-11-13-4-2-1-3-5-13;/h1-5,14H,6-12,18H2,(H,19,23);1H. The van der Waals surface area contributed by atoms with E-state index in [1.807, 2.05) is 30.3 Å². The monoisotopic (exact) mass is 365 g/mol. The molecular formula is C17H24ClN5O2.